The maximum Gasteiger partial charge on any atom is 0.335 e. The van der Waals surface area contributed by atoms with Gasteiger partial charge < -0.3 is 10.2 Å². The van der Waals surface area contributed by atoms with Crippen molar-refractivity contribution in [1.29, 1.82) is 0 Å². The average molecular weight is 414 g/mol. The number of para-hydroxylation sites is 2. The van der Waals surface area contributed by atoms with Crippen molar-refractivity contribution in [2.24, 2.45) is 10.2 Å². The van der Waals surface area contributed by atoms with Crippen LogP contribution in [0, 0.1) is 0 Å². The molecule has 8 nitrogen and oxygen atoms in total. The number of nitrogens with zero attached hydrogens (tertiary/aromatic N) is 3. The highest BCUT2D eigenvalue weighted by molar-refractivity contribution is 6.71. The number of amides is 1. The molecule has 0 radical (unpaired) electrons. The predicted molar refractivity (Wildman–Crippen MR) is 119 cm³/mol. The van der Waals surface area contributed by atoms with E-state index in [4.69, 9.17) is 0 Å². The first kappa shape index (κ1) is 19.8. The fraction of sp³-hybridized carbons (Fsp3) is 0.0435. The van der Waals surface area contributed by atoms with E-state index in [0.717, 1.165) is 0 Å². The second kappa shape index (κ2) is 8.11. The molecule has 4 rings (SSSR count). The fourth-order valence-corrected chi connectivity index (χ4v) is 3.17. The van der Waals surface area contributed by atoms with Crippen LogP contribution in [0.2, 0.25) is 0 Å². The Bertz CT molecular complexity index is 1240. The molecule has 0 atom stereocenters. The van der Waals surface area contributed by atoms with E-state index in [1.807, 2.05) is 18.2 Å². The number of carboxylic acid groups (broad SMARTS) is 1. The average Bonchev–Trinajstić information content (AvgIpc) is 3.07. The molecule has 0 saturated carbocycles. The second-order valence-corrected chi connectivity index (χ2v) is 6.80. The molecule has 0 aliphatic carbocycles. The Balaban J connectivity index is 1.61. The number of carbonyl (C=O) groups is 2. The summed E-state index contributed by atoms with van der Waals surface area (Å²) in [4.78, 5) is 24.0. The number of phenols is 1. The molecule has 154 valence electrons. The van der Waals surface area contributed by atoms with Gasteiger partial charge >= 0.3 is 11.9 Å². The lowest BCUT2D eigenvalue weighted by Crippen LogP contribution is -2.27. The number of hydrazone groups is 2. The molecule has 3 N–H and O–H groups in total. The molecule has 31 heavy (non-hydrogen) atoms. The Morgan fingerprint density at radius 3 is 2.52 bits per heavy atom. The van der Waals surface area contributed by atoms with Gasteiger partial charge in [0.2, 0.25) is 0 Å². The summed E-state index contributed by atoms with van der Waals surface area (Å²) in [5, 5.41) is 29.6. The first-order chi connectivity index (χ1) is 15.0. The molecule has 1 aliphatic rings. The molecular formula is C23H18N4O4. The lowest BCUT2D eigenvalue weighted by molar-refractivity contribution is -0.112. The van der Waals surface area contributed by atoms with Gasteiger partial charge in [-0.3, -0.25) is 10.2 Å². The third-order valence-corrected chi connectivity index (χ3v) is 4.73. The molecule has 1 heterocycles. The van der Waals surface area contributed by atoms with Crippen LogP contribution >= 0.6 is 0 Å². The third-order valence-electron chi connectivity index (χ3n) is 4.73. The van der Waals surface area contributed by atoms with E-state index in [1.165, 1.54) is 17.1 Å². The lowest BCUT2D eigenvalue weighted by Gasteiger charge is -2.11. The van der Waals surface area contributed by atoms with E-state index in [-0.39, 0.29) is 28.6 Å². The summed E-state index contributed by atoms with van der Waals surface area (Å²) < 4.78 is 0. The van der Waals surface area contributed by atoms with E-state index >= 15 is 0 Å². The SMILES string of the molecule is CC1=NN(c2ccccc2)C(=O)/C1=N\Nc1cccc(-c2cccc(C(=O)O)c2)c1O. The van der Waals surface area contributed by atoms with Crippen molar-refractivity contribution in [3.63, 3.8) is 0 Å². The predicted octanol–water partition coefficient (Wildman–Crippen LogP) is 3.95. The lowest BCUT2D eigenvalue weighted by atomic mass is 10.0. The van der Waals surface area contributed by atoms with Gasteiger partial charge in [0.05, 0.1) is 22.6 Å². The number of anilines is 2. The first-order valence-electron chi connectivity index (χ1n) is 9.40. The number of aromatic hydroxyl groups is 1. The number of carboxylic acids is 1. The van der Waals surface area contributed by atoms with Gasteiger partial charge in [-0.1, -0.05) is 42.5 Å². The molecule has 1 aliphatic heterocycles. The zero-order valence-corrected chi connectivity index (χ0v) is 16.5. The van der Waals surface area contributed by atoms with Crippen molar-refractivity contribution in [3.05, 3.63) is 78.4 Å². The van der Waals surface area contributed by atoms with Gasteiger partial charge in [-0.25, -0.2) is 4.79 Å². The molecule has 0 bridgehead atoms. The number of aromatic carboxylic acids is 1. The maximum absolute atomic E-state index is 12.7. The zero-order chi connectivity index (χ0) is 22.0. The quantitative estimate of drug-likeness (QED) is 0.432. The highest BCUT2D eigenvalue weighted by Gasteiger charge is 2.30. The molecule has 0 saturated heterocycles. The van der Waals surface area contributed by atoms with E-state index in [2.05, 4.69) is 15.6 Å². The number of benzene rings is 3. The Morgan fingerprint density at radius 2 is 1.77 bits per heavy atom. The van der Waals surface area contributed by atoms with Crippen LogP contribution in [-0.4, -0.2) is 33.5 Å². The van der Waals surface area contributed by atoms with E-state index in [9.17, 15) is 19.8 Å². The Kier molecular flexibility index (Phi) is 5.19. The first-order valence-corrected chi connectivity index (χ1v) is 9.40. The highest BCUT2D eigenvalue weighted by atomic mass is 16.4. The number of hydrogen-bond acceptors (Lipinski definition) is 6. The molecule has 0 aromatic heterocycles. The molecule has 3 aromatic carbocycles. The van der Waals surface area contributed by atoms with Crippen molar-refractivity contribution >= 4 is 34.7 Å². The van der Waals surface area contributed by atoms with E-state index in [0.29, 0.717) is 22.5 Å². The van der Waals surface area contributed by atoms with Crippen molar-refractivity contribution in [2.45, 2.75) is 6.92 Å². The van der Waals surface area contributed by atoms with Crippen LogP contribution in [0.3, 0.4) is 0 Å². The highest BCUT2D eigenvalue weighted by Crippen LogP contribution is 2.35. The summed E-state index contributed by atoms with van der Waals surface area (Å²) in [5.74, 6) is -1.56. The fourth-order valence-electron chi connectivity index (χ4n) is 3.17. The van der Waals surface area contributed by atoms with Crippen LogP contribution in [0.4, 0.5) is 11.4 Å². The largest absolute Gasteiger partial charge is 0.505 e. The van der Waals surface area contributed by atoms with Gasteiger partial charge in [-0.2, -0.15) is 15.2 Å². The number of hydrogen-bond donors (Lipinski definition) is 3. The molecule has 0 fully saturated rings. The second-order valence-electron chi connectivity index (χ2n) is 6.80. The summed E-state index contributed by atoms with van der Waals surface area (Å²) in [6.07, 6.45) is 0. The van der Waals surface area contributed by atoms with Gasteiger partial charge in [0.15, 0.2) is 5.71 Å². The Morgan fingerprint density at radius 1 is 1.03 bits per heavy atom. The van der Waals surface area contributed by atoms with Crippen LogP contribution in [0.15, 0.2) is 83.0 Å². The number of rotatable bonds is 5. The maximum atomic E-state index is 12.7. The minimum Gasteiger partial charge on any atom is -0.505 e. The van der Waals surface area contributed by atoms with Gasteiger partial charge in [-0.15, -0.1) is 0 Å². The van der Waals surface area contributed by atoms with Crippen LogP contribution in [-0.2, 0) is 4.79 Å². The summed E-state index contributed by atoms with van der Waals surface area (Å²) in [5.41, 5.74) is 5.27. The minimum absolute atomic E-state index is 0.111. The third kappa shape index (κ3) is 3.86. The molecule has 0 spiro atoms. The standard InChI is InChI=1S/C23H18N4O4/c1-14-20(22(29)27(26-14)17-9-3-2-4-10-17)25-24-19-12-6-11-18(21(19)28)15-7-5-8-16(13-15)23(30)31/h2-13,24,28H,1H3,(H,30,31)/b25-20-. The van der Waals surface area contributed by atoms with E-state index < -0.39 is 5.97 Å². The molecule has 8 heteroatoms. The van der Waals surface area contributed by atoms with Gasteiger partial charge in [-0.05, 0) is 42.8 Å². The molecule has 1 amide bonds. The summed E-state index contributed by atoms with van der Waals surface area (Å²) in [6.45, 7) is 1.68. The van der Waals surface area contributed by atoms with Crippen LogP contribution in [0.5, 0.6) is 5.75 Å². The number of phenolic OH excluding ortho intramolecular Hbond substituents is 1. The van der Waals surface area contributed by atoms with E-state index in [1.54, 1.807) is 49.4 Å². The molecule has 0 unspecified atom stereocenters. The summed E-state index contributed by atoms with van der Waals surface area (Å²) >= 11 is 0. The zero-order valence-electron chi connectivity index (χ0n) is 16.5. The summed E-state index contributed by atoms with van der Waals surface area (Å²) in [6, 6.07) is 20.2. The van der Waals surface area contributed by atoms with Crippen molar-refractivity contribution in [3.8, 4) is 16.9 Å². The number of nitrogens with one attached hydrogen (secondary N) is 1. The van der Waals surface area contributed by atoms with Gasteiger partial charge in [0.25, 0.3) is 0 Å². The van der Waals surface area contributed by atoms with Crippen LogP contribution in [0.25, 0.3) is 11.1 Å². The van der Waals surface area contributed by atoms with Crippen LogP contribution < -0.4 is 10.4 Å². The molecule has 3 aromatic rings. The van der Waals surface area contributed by atoms with Crippen molar-refractivity contribution < 1.29 is 19.8 Å². The Hall–Kier alpha value is -4.46. The van der Waals surface area contributed by atoms with Crippen LogP contribution in [0.1, 0.15) is 17.3 Å². The number of carbonyl (C=O) groups excluding carboxylic acids is 1. The van der Waals surface area contributed by atoms with Gasteiger partial charge in [0, 0.05) is 5.56 Å². The minimum atomic E-state index is -1.06. The molecular weight excluding hydrogens is 396 g/mol. The smallest absolute Gasteiger partial charge is 0.335 e. The van der Waals surface area contributed by atoms with Crippen molar-refractivity contribution in [1.82, 2.24) is 0 Å². The topological polar surface area (TPSA) is 115 Å². The van der Waals surface area contributed by atoms with Gasteiger partial charge in [0.1, 0.15) is 5.75 Å². The normalized spacial score (nSPS) is 14.6. The van der Waals surface area contributed by atoms with Crippen molar-refractivity contribution in [2.75, 3.05) is 10.4 Å². The summed E-state index contributed by atoms with van der Waals surface area (Å²) in [7, 11) is 0. The Labute approximate surface area is 177 Å². The monoisotopic (exact) mass is 414 g/mol.